The van der Waals surface area contributed by atoms with Crippen LogP contribution in [0.25, 0.3) is 0 Å². The van der Waals surface area contributed by atoms with E-state index in [9.17, 15) is 13.2 Å². The van der Waals surface area contributed by atoms with Crippen LogP contribution in [0.1, 0.15) is 29.7 Å². The maximum absolute atomic E-state index is 12.8. The highest BCUT2D eigenvalue weighted by atomic mass is 19.4. The van der Waals surface area contributed by atoms with E-state index in [0.29, 0.717) is 12.1 Å². The first-order chi connectivity index (χ1) is 9.52. The zero-order valence-corrected chi connectivity index (χ0v) is 10.9. The van der Waals surface area contributed by atoms with Gasteiger partial charge in [0.15, 0.2) is 0 Å². The molecule has 0 fully saturated rings. The average molecular weight is 281 g/mol. The van der Waals surface area contributed by atoms with Gasteiger partial charge in [-0.1, -0.05) is 19.1 Å². The van der Waals surface area contributed by atoms with E-state index in [-0.39, 0.29) is 6.04 Å². The Labute approximate surface area is 114 Å². The molecule has 1 heterocycles. The van der Waals surface area contributed by atoms with E-state index in [1.807, 2.05) is 6.92 Å². The van der Waals surface area contributed by atoms with Gasteiger partial charge in [0.2, 0.25) is 0 Å². The predicted octanol–water partition coefficient (Wildman–Crippen LogP) is 3.19. The standard InChI is InChI=1S/C14H14F3N3/c1-2-20-13(11-7-18-9-19-8-11)10-4-3-5-12(6-10)14(15,16)17/h3-9,13,20H,2H2,1H3. The molecule has 2 aromatic rings. The molecule has 1 atom stereocenters. The second-order valence-corrected chi connectivity index (χ2v) is 4.29. The van der Waals surface area contributed by atoms with Crippen LogP contribution in [-0.2, 0) is 6.18 Å². The highest BCUT2D eigenvalue weighted by molar-refractivity contribution is 5.33. The van der Waals surface area contributed by atoms with Crippen molar-refractivity contribution in [1.82, 2.24) is 15.3 Å². The molecule has 1 N–H and O–H groups in total. The fraction of sp³-hybridized carbons (Fsp3) is 0.286. The SMILES string of the molecule is CCNC(c1cncnc1)c1cccc(C(F)(F)F)c1. The van der Waals surface area contributed by atoms with Crippen LogP contribution < -0.4 is 5.32 Å². The number of alkyl halides is 3. The molecule has 0 saturated carbocycles. The third-order valence-corrected chi connectivity index (χ3v) is 2.87. The Hall–Kier alpha value is -1.95. The van der Waals surface area contributed by atoms with E-state index < -0.39 is 11.7 Å². The van der Waals surface area contributed by atoms with Crippen LogP contribution in [0.15, 0.2) is 43.0 Å². The minimum Gasteiger partial charge on any atom is -0.306 e. The predicted molar refractivity (Wildman–Crippen MR) is 69.0 cm³/mol. The summed E-state index contributed by atoms with van der Waals surface area (Å²) in [5.41, 5.74) is 0.611. The number of hydrogen-bond acceptors (Lipinski definition) is 3. The summed E-state index contributed by atoms with van der Waals surface area (Å²) in [5, 5.41) is 3.15. The van der Waals surface area contributed by atoms with E-state index in [4.69, 9.17) is 0 Å². The lowest BCUT2D eigenvalue weighted by molar-refractivity contribution is -0.137. The van der Waals surface area contributed by atoms with Crippen molar-refractivity contribution in [3.63, 3.8) is 0 Å². The second-order valence-electron chi connectivity index (χ2n) is 4.29. The van der Waals surface area contributed by atoms with Crippen molar-refractivity contribution in [3.05, 3.63) is 59.7 Å². The van der Waals surface area contributed by atoms with Gasteiger partial charge in [-0.3, -0.25) is 0 Å². The van der Waals surface area contributed by atoms with Crippen molar-refractivity contribution in [2.24, 2.45) is 0 Å². The lowest BCUT2D eigenvalue weighted by atomic mass is 9.99. The molecule has 0 aliphatic carbocycles. The Morgan fingerprint density at radius 3 is 2.45 bits per heavy atom. The van der Waals surface area contributed by atoms with Crippen molar-refractivity contribution < 1.29 is 13.2 Å². The first kappa shape index (κ1) is 14.5. The number of halogens is 3. The summed E-state index contributed by atoms with van der Waals surface area (Å²) in [7, 11) is 0. The van der Waals surface area contributed by atoms with E-state index >= 15 is 0 Å². The number of aromatic nitrogens is 2. The summed E-state index contributed by atoms with van der Waals surface area (Å²) >= 11 is 0. The summed E-state index contributed by atoms with van der Waals surface area (Å²) in [5.74, 6) is 0. The average Bonchev–Trinajstić information content (AvgIpc) is 2.45. The first-order valence-corrected chi connectivity index (χ1v) is 6.18. The fourth-order valence-corrected chi connectivity index (χ4v) is 1.99. The third-order valence-electron chi connectivity index (χ3n) is 2.87. The molecule has 0 bridgehead atoms. The monoisotopic (exact) mass is 281 g/mol. The van der Waals surface area contributed by atoms with Gasteiger partial charge in [0.25, 0.3) is 0 Å². The highest BCUT2D eigenvalue weighted by Crippen LogP contribution is 2.31. The van der Waals surface area contributed by atoms with Crippen LogP contribution in [0.3, 0.4) is 0 Å². The van der Waals surface area contributed by atoms with Crippen molar-refractivity contribution in [2.45, 2.75) is 19.1 Å². The molecular weight excluding hydrogens is 267 g/mol. The molecule has 0 aliphatic rings. The van der Waals surface area contributed by atoms with Gasteiger partial charge >= 0.3 is 6.18 Å². The summed E-state index contributed by atoms with van der Waals surface area (Å²) in [6.45, 7) is 2.51. The number of hydrogen-bond donors (Lipinski definition) is 1. The molecule has 1 aromatic carbocycles. The van der Waals surface area contributed by atoms with E-state index in [0.717, 1.165) is 17.7 Å². The van der Waals surface area contributed by atoms with Crippen molar-refractivity contribution >= 4 is 0 Å². The maximum atomic E-state index is 12.8. The Kier molecular flexibility index (Phi) is 4.34. The van der Waals surface area contributed by atoms with Crippen LogP contribution in [0.2, 0.25) is 0 Å². The zero-order chi connectivity index (χ0) is 14.6. The quantitative estimate of drug-likeness (QED) is 0.935. The van der Waals surface area contributed by atoms with Crippen molar-refractivity contribution in [2.75, 3.05) is 6.54 Å². The fourth-order valence-electron chi connectivity index (χ4n) is 1.99. The normalized spacial score (nSPS) is 13.2. The Bertz CT molecular complexity index is 555. The van der Waals surface area contributed by atoms with Gasteiger partial charge in [0.1, 0.15) is 6.33 Å². The van der Waals surface area contributed by atoms with Gasteiger partial charge in [-0.15, -0.1) is 0 Å². The van der Waals surface area contributed by atoms with E-state index in [1.165, 1.54) is 12.4 Å². The minimum atomic E-state index is -4.35. The third kappa shape index (κ3) is 3.33. The summed E-state index contributed by atoms with van der Waals surface area (Å²) in [6, 6.07) is 4.93. The lowest BCUT2D eigenvalue weighted by Gasteiger charge is -2.19. The molecule has 0 saturated heterocycles. The van der Waals surface area contributed by atoms with Crippen molar-refractivity contribution in [1.29, 1.82) is 0 Å². The van der Waals surface area contributed by atoms with Crippen LogP contribution in [0.5, 0.6) is 0 Å². The Balaban J connectivity index is 2.40. The van der Waals surface area contributed by atoms with Gasteiger partial charge in [0.05, 0.1) is 11.6 Å². The minimum absolute atomic E-state index is 0.358. The molecule has 106 valence electrons. The molecule has 6 heteroatoms. The molecule has 1 unspecified atom stereocenters. The molecular formula is C14H14F3N3. The summed E-state index contributed by atoms with van der Waals surface area (Å²) < 4.78 is 38.3. The molecule has 1 aromatic heterocycles. The van der Waals surface area contributed by atoms with Gasteiger partial charge in [-0.25, -0.2) is 9.97 Å². The number of nitrogens with one attached hydrogen (secondary N) is 1. The lowest BCUT2D eigenvalue weighted by Crippen LogP contribution is -2.22. The summed E-state index contributed by atoms with van der Waals surface area (Å²) in [6.07, 6.45) is 0.236. The van der Waals surface area contributed by atoms with Crippen LogP contribution in [-0.4, -0.2) is 16.5 Å². The molecule has 0 radical (unpaired) electrons. The molecule has 3 nitrogen and oxygen atoms in total. The largest absolute Gasteiger partial charge is 0.416 e. The van der Waals surface area contributed by atoms with Crippen LogP contribution >= 0.6 is 0 Å². The maximum Gasteiger partial charge on any atom is 0.416 e. The number of rotatable bonds is 4. The number of benzene rings is 1. The smallest absolute Gasteiger partial charge is 0.306 e. The first-order valence-electron chi connectivity index (χ1n) is 6.18. The molecule has 20 heavy (non-hydrogen) atoms. The zero-order valence-electron chi connectivity index (χ0n) is 10.9. The van der Waals surface area contributed by atoms with E-state index in [2.05, 4.69) is 15.3 Å². The molecule has 0 amide bonds. The Morgan fingerprint density at radius 1 is 1.15 bits per heavy atom. The van der Waals surface area contributed by atoms with E-state index in [1.54, 1.807) is 18.5 Å². The second kappa shape index (κ2) is 6.00. The van der Waals surface area contributed by atoms with Gasteiger partial charge in [0, 0.05) is 18.0 Å². The van der Waals surface area contributed by atoms with Gasteiger partial charge in [-0.05, 0) is 24.2 Å². The number of nitrogens with zero attached hydrogens (tertiary/aromatic N) is 2. The van der Waals surface area contributed by atoms with Crippen LogP contribution in [0.4, 0.5) is 13.2 Å². The molecule has 0 aliphatic heterocycles. The Morgan fingerprint density at radius 2 is 1.85 bits per heavy atom. The van der Waals surface area contributed by atoms with Crippen molar-refractivity contribution in [3.8, 4) is 0 Å². The molecule has 2 rings (SSSR count). The highest BCUT2D eigenvalue weighted by Gasteiger charge is 2.31. The topological polar surface area (TPSA) is 37.8 Å². The van der Waals surface area contributed by atoms with Crippen LogP contribution in [0, 0.1) is 0 Å². The van der Waals surface area contributed by atoms with Gasteiger partial charge < -0.3 is 5.32 Å². The molecule has 0 spiro atoms. The summed E-state index contributed by atoms with van der Waals surface area (Å²) in [4.78, 5) is 7.82. The van der Waals surface area contributed by atoms with Gasteiger partial charge in [-0.2, -0.15) is 13.2 Å².